The highest BCUT2D eigenvalue weighted by Gasteiger charge is 2.32. The summed E-state index contributed by atoms with van der Waals surface area (Å²) in [5.41, 5.74) is 6.33. The molecule has 3 N–H and O–H groups in total. The highest BCUT2D eigenvalue weighted by Crippen LogP contribution is 2.30. The lowest BCUT2D eigenvalue weighted by molar-refractivity contribution is 0.0995. The van der Waals surface area contributed by atoms with Gasteiger partial charge in [0.25, 0.3) is 5.91 Å². The molecule has 110 valence electrons. The SMILES string of the molecule is Cn1nccc1[C@H]1OCC[C@@H]1Nc1cncc(C(N)=O)n1. The van der Waals surface area contributed by atoms with Crippen molar-refractivity contribution in [2.75, 3.05) is 11.9 Å². The average molecular weight is 288 g/mol. The number of ether oxygens (including phenoxy) is 1. The molecule has 1 aliphatic rings. The van der Waals surface area contributed by atoms with Crippen LogP contribution in [-0.2, 0) is 11.8 Å². The van der Waals surface area contributed by atoms with Gasteiger partial charge in [0, 0.05) is 19.9 Å². The largest absolute Gasteiger partial charge is 0.370 e. The molecular weight excluding hydrogens is 272 g/mol. The van der Waals surface area contributed by atoms with Gasteiger partial charge in [-0.1, -0.05) is 0 Å². The van der Waals surface area contributed by atoms with Crippen LogP contribution in [-0.4, -0.2) is 38.3 Å². The monoisotopic (exact) mass is 288 g/mol. The third-order valence-electron chi connectivity index (χ3n) is 3.46. The molecule has 21 heavy (non-hydrogen) atoms. The summed E-state index contributed by atoms with van der Waals surface area (Å²) >= 11 is 0. The van der Waals surface area contributed by atoms with E-state index in [2.05, 4.69) is 20.4 Å². The van der Waals surface area contributed by atoms with Gasteiger partial charge in [-0.05, 0) is 12.5 Å². The molecule has 0 radical (unpaired) electrons. The van der Waals surface area contributed by atoms with Crippen LogP contribution in [0.5, 0.6) is 0 Å². The fourth-order valence-electron chi connectivity index (χ4n) is 2.44. The minimum absolute atomic E-state index is 0.0397. The summed E-state index contributed by atoms with van der Waals surface area (Å²) in [5.74, 6) is -0.0917. The Morgan fingerprint density at radius 1 is 1.52 bits per heavy atom. The quantitative estimate of drug-likeness (QED) is 0.835. The molecule has 2 atom stereocenters. The maximum absolute atomic E-state index is 11.1. The fourth-order valence-corrected chi connectivity index (χ4v) is 2.44. The lowest BCUT2D eigenvalue weighted by Gasteiger charge is -2.20. The van der Waals surface area contributed by atoms with Gasteiger partial charge < -0.3 is 15.8 Å². The van der Waals surface area contributed by atoms with Gasteiger partial charge in [-0.3, -0.25) is 14.5 Å². The van der Waals surface area contributed by atoms with Crippen molar-refractivity contribution in [2.24, 2.45) is 12.8 Å². The van der Waals surface area contributed by atoms with Crippen LogP contribution in [0.4, 0.5) is 5.82 Å². The van der Waals surface area contributed by atoms with Crippen LogP contribution in [0.1, 0.15) is 28.7 Å². The van der Waals surface area contributed by atoms with E-state index >= 15 is 0 Å². The lowest BCUT2D eigenvalue weighted by atomic mass is 10.1. The van der Waals surface area contributed by atoms with E-state index < -0.39 is 5.91 Å². The minimum atomic E-state index is -0.600. The topological polar surface area (TPSA) is 108 Å². The van der Waals surface area contributed by atoms with Gasteiger partial charge in [-0.15, -0.1) is 0 Å². The highest BCUT2D eigenvalue weighted by atomic mass is 16.5. The molecule has 1 amide bonds. The van der Waals surface area contributed by atoms with Gasteiger partial charge in [-0.2, -0.15) is 5.10 Å². The number of carbonyl (C=O) groups is 1. The summed E-state index contributed by atoms with van der Waals surface area (Å²) in [7, 11) is 1.88. The molecule has 0 saturated carbocycles. The molecule has 2 aromatic heterocycles. The van der Waals surface area contributed by atoms with E-state index in [1.165, 1.54) is 6.20 Å². The normalized spacial score (nSPS) is 21.4. The predicted molar refractivity (Wildman–Crippen MR) is 74.5 cm³/mol. The number of nitrogens with one attached hydrogen (secondary N) is 1. The first-order valence-corrected chi connectivity index (χ1v) is 6.63. The van der Waals surface area contributed by atoms with E-state index in [1.54, 1.807) is 17.1 Å². The third-order valence-corrected chi connectivity index (χ3v) is 3.46. The standard InChI is InChI=1S/C13H16N6O2/c1-19-10(2-4-16-19)12-8(3-5-21-12)17-11-7-15-6-9(18-11)13(14)20/h2,4,6-8,12H,3,5H2,1H3,(H2,14,20)(H,17,18)/t8-,12-/m0/s1. The van der Waals surface area contributed by atoms with Crippen LogP contribution in [0, 0.1) is 0 Å². The zero-order valence-corrected chi connectivity index (χ0v) is 11.6. The molecule has 8 nitrogen and oxygen atoms in total. The number of nitrogens with zero attached hydrogens (tertiary/aromatic N) is 4. The van der Waals surface area contributed by atoms with Crippen LogP contribution in [0.15, 0.2) is 24.7 Å². The van der Waals surface area contributed by atoms with E-state index in [1.807, 2.05) is 13.1 Å². The Morgan fingerprint density at radius 2 is 2.38 bits per heavy atom. The van der Waals surface area contributed by atoms with Crippen molar-refractivity contribution in [3.05, 3.63) is 36.0 Å². The van der Waals surface area contributed by atoms with E-state index in [0.717, 1.165) is 12.1 Å². The van der Waals surface area contributed by atoms with Crippen molar-refractivity contribution in [2.45, 2.75) is 18.6 Å². The number of anilines is 1. The summed E-state index contributed by atoms with van der Waals surface area (Å²) in [4.78, 5) is 19.3. The van der Waals surface area contributed by atoms with E-state index in [4.69, 9.17) is 10.5 Å². The number of aryl methyl sites for hydroxylation is 1. The van der Waals surface area contributed by atoms with Crippen molar-refractivity contribution >= 4 is 11.7 Å². The summed E-state index contributed by atoms with van der Waals surface area (Å²) in [6.45, 7) is 0.649. The predicted octanol–water partition coefficient (Wildman–Crippen LogP) is 0.251. The van der Waals surface area contributed by atoms with Crippen molar-refractivity contribution < 1.29 is 9.53 Å². The van der Waals surface area contributed by atoms with E-state index in [9.17, 15) is 4.79 Å². The van der Waals surface area contributed by atoms with Crippen molar-refractivity contribution in [1.29, 1.82) is 0 Å². The number of carbonyl (C=O) groups excluding carboxylic acids is 1. The Hall–Kier alpha value is -2.48. The first-order valence-electron chi connectivity index (χ1n) is 6.63. The molecule has 0 aromatic carbocycles. The molecule has 1 aliphatic heterocycles. The smallest absolute Gasteiger partial charge is 0.268 e. The number of hydrogen-bond acceptors (Lipinski definition) is 6. The van der Waals surface area contributed by atoms with Crippen LogP contribution >= 0.6 is 0 Å². The second kappa shape index (κ2) is 5.49. The first-order chi connectivity index (χ1) is 10.1. The Kier molecular flexibility index (Phi) is 3.53. The molecule has 1 fully saturated rings. The second-order valence-electron chi connectivity index (χ2n) is 4.86. The lowest BCUT2D eigenvalue weighted by Crippen LogP contribution is -2.26. The Bertz CT molecular complexity index is 656. The fraction of sp³-hybridized carbons (Fsp3) is 0.385. The number of aromatic nitrogens is 4. The van der Waals surface area contributed by atoms with Crippen molar-refractivity contribution in [3.8, 4) is 0 Å². The number of amides is 1. The number of nitrogens with two attached hydrogens (primary N) is 1. The van der Waals surface area contributed by atoms with Crippen molar-refractivity contribution in [3.63, 3.8) is 0 Å². The van der Waals surface area contributed by atoms with Crippen LogP contribution < -0.4 is 11.1 Å². The van der Waals surface area contributed by atoms with Gasteiger partial charge in [0.05, 0.1) is 24.1 Å². The molecule has 8 heteroatoms. The number of rotatable bonds is 4. The molecule has 0 unspecified atom stereocenters. The summed E-state index contributed by atoms with van der Waals surface area (Å²) in [6.07, 6.45) is 5.36. The Balaban J connectivity index is 1.79. The molecular formula is C13H16N6O2. The second-order valence-corrected chi connectivity index (χ2v) is 4.86. The van der Waals surface area contributed by atoms with Gasteiger partial charge in [-0.25, -0.2) is 4.98 Å². The summed E-state index contributed by atoms with van der Waals surface area (Å²) in [6, 6.07) is 1.97. The molecule has 2 aromatic rings. The van der Waals surface area contributed by atoms with Crippen LogP contribution in [0.2, 0.25) is 0 Å². The summed E-state index contributed by atoms with van der Waals surface area (Å²) < 4.78 is 7.57. The maximum Gasteiger partial charge on any atom is 0.268 e. The van der Waals surface area contributed by atoms with E-state index in [-0.39, 0.29) is 17.8 Å². The first kappa shape index (κ1) is 13.5. The summed E-state index contributed by atoms with van der Waals surface area (Å²) in [5, 5.41) is 7.41. The Morgan fingerprint density at radius 3 is 3.10 bits per heavy atom. The Labute approximate surface area is 121 Å². The van der Waals surface area contributed by atoms with Crippen LogP contribution in [0.25, 0.3) is 0 Å². The average Bonchev–Trinajstić information content (AvgIpc) is 3.07. The zero-order chi connectivity index (χ0) is 14.8. The van der Waals surface area contributed by atoms with Gasteiger partial charge >= 0.3 is 0 Å². The minimum Gasteiger partial charge on any atom is -0.370 e. The van der Waals surface area contributed by atoms with Crippen LogP contribution in [0.3, 0.4) is 0 Å². The molecule has 0 spiro atoms. The highest BCUT2D eigenvalue weighted by molar-refractivity contribution is 5.90. The third kappa shape index (κ3) is 2.70. The molecule has 0 aliphatic carbocycles. The number of hydrogen-bond donors (Lipinski definition) is 2. The van der Waals surface area contributed by atoms with Crippen molar-refractivity contribution in [1.82, 2.24) is 19.7 Å². The molecule has 3 heterocycles. The number of primary amides is 1. The van der Waals surface area contributed by atoms with Gasteiger partial charge in [0.2, 0.25) is 0 Å². The van der Waals surface area contributed by atoms with Gasteiger partial charge in [0.1, 0.15) is 17.6 Å². The molecule has 1 saturated heterocycles. The molecule has 0 bridgehead atoms. The van der Waals surface area contributed by atoms with Gasteiger partial charge in [0.15, 0.2) is 0 Å². The molecule has 3 rings (SSSR count). The van der Waals surface area contributed by atoms with E-state index in [0.29, 0.717) is 12.4 Å². The maximum atomic E-state index is 11.1. The zero-order valence-electron chi connectivity index (χ0n) is 11.6.